The van der Waals surface area contributed by atoms with Crippen LogP contribution in [-0.4, -0.2) is 13.4 Å². The quantitative estimate of drug-likeness (QED) is 0.871. The zero-order valence-corrected chi connectivity index (χ0v) is 13.8. The molecule has 0 bridgehead atoms. The first-order chi connectivity index (χ1) is 8.40. The summed E-state index contributed by atoms with van der Waals surface area (Å²) in [6, 6.07) is 1.06. The van der Waals surface area contributed by atoms with Gasteiger partial charge in [-0.1, -0.05) is 11.6 Å². The van der Waals surface area contributed by atoms with Crippen molar-refractivity contribution in [3.8, 4) is 0 Å². The lowest BCUT2D eigenvalue weighted by Crippen LogP contribution is -2.26. The molecule has 0 fully saturated rings. The van der Waals surface area contributed by atoms with E-state index in [-0.39, 0.29) is 10.3 Å². The maximum absolute atomic E-state index is 12.1. The van der Waals surface area contributed by atoms with Gasteiger partial charge in [0.05, 0.1) is 14.9 Å². The lowest BCUT2D eigenvalue weighted by Gasteiger charge is -2.10. The normalized spacial score (nSPS) is 13.7. The van der Waals surface area contributed by atoms with E-state index in [1.807, 2.05) is 0 Å². The van der Waals surface area contributed by atoms with E-state index >= 15 is 0 Å². The fourth-order valence-electron chi connectivity index (χ4n) is 1.25. The van der Waals surface area contributed by atoms with Crippen LogP contribution in [0.2, 0.25) is 5.02 Å². The van der Waals surface area contributed by atoms with Crippen molar-refractivity contribution in [3.05, 3.63) is 31.5 Å². The number of hydrogen-bond donors (Lipinski definition) is 1. The van der Waals surface area contributed by atoms with Gasteiger partial charge in [0.25, 0.3) is 10.0 Å². The monoisotopic (exact) mass is 386 g/mol. The lowest BCUT2D eigenvalue weighted by molar-refractivity contribution is 0.568. The number of nitrogens with zero attached hydrogens (tertiary/aromatic N) is 1. The van der Waals surface area contributed by atoms with Gasteiger partial charge in [0.15, 0.2) is 0 Å². The van der Waals surface area contributed by atoms with Crippen LogP contribution < -0.4 is 4.72 Å². The van der Waals surface area contributed by atoms with E-state index in [4.69, 9.17) is 11.6 Å². The zero-order valence-electron chi connectivity index (χ0n) is 9.05. The first-order valence-corrected chi connectivity index (χ1v) is 9.12. The Balaban J connectivity index is 2.22. The van der Waals surface area contributed by atoms with E-state index in [0.29, 0.717) is 8.81 Å². The number of aromatic nitrogens is 1. The van der Waals surface area contributed by atoms with E-state index < -0.39 is 10.0 Å². The Labute approximate surface area is 126 Å². The van der Waals surface area contributed by atoms with Crippen molar-refractivity contribution in [2.75, 3.05) is 0 Å². The number of hydrogen-bond acceptors (Lipinski definition) is 5. The minimum Gasteiger partial charge on any atom is -0.248 e. The molecule has 0 spiro atoms. The number of rotatable bonds is 4. The summed E-state index contributed by atoms with van der Waals surface area (Å²) in [4.78, 5) is 4.08. The summed E-state index contributed by atoms with van der Waals surface area (Å²) in [7, 11) is -3.57. The van der Waals surface area contributed by atoms with Crippen molar-refractivity contribution >= 4 is 60.2 Å². The highest BCUT2D eigenvalue weighted by Gasteiger charge is 2.22. The van der Waals surface area contributed by atoms with Gasteiger partial charge in [-0.25, -0.2) is 18.1 Å². The summed E-state index contributed by atoms with van der Waals surface area (Å²) >= 11 is 11.5. The van der Waals surface area contributed by atoms with E-state index in [0.717, 1.165) is 16.3 Å². The SMILES string of the molecule is CC(NS(=O)(=O)c1cc(Cl)c(Br)s1)c1nccs1. The molecule has 0 radical (unpaired) electrons. The largest absolute Gasteiger partial charge is 0.250 e. The molecule has 0 saturated heterocycles. The van der Waals surface area contributed by atoms with Crippen LogP contribution in [0.25, 0.3) is 0 Å². The van der Waals surface area contributed by atoms with Gasteiger partial charge in [0, 0.05) is 11.6 Å². The minimum absolute atomic E-state index is 0.183. The Morgan fingerprint density at radius 1 is 1.56 bits per heavy atom. The molecule has 18 heavy (non-hydrogen) atoms. The van der Waals surface area contributed by atoms with Crippen molar-refractivity contribution in [2.45, 2.75) is 17.2 Å². The fraction of sp³-hybridized carbons (Fsp3) is 0.222. The van der Waals surface area contributed by atoms with Crippen molar-refractivity contribution < 1.29 is 8.42 Å². The van der Waals surface area contributed by atoms with Gasteiger partial charge in [-0.2, -0.15) is 0 Å². The highest BCUT2D eigenvalue weighted by Crippen LogP contribution is 2.35. The summed E-state index contributed by atoms with van der Waals surface area (Å²) in [5, 5.41) is 2.92. The molecule has 98 valence electrons. The van der Waals surface area contributed by atoms with Crippen molar-refractivity contribution in [1.29, 1.82) is 0 Å². The second-order valence-corrected chi connectivity index (χ2v) is 9.04. The third-order valence-corrected chi connectivity index (χ3v) is 7.49. The predicted octanol–water partition coefficient (Wildman–Crippen LogP) is 3.66. The Bertz CT molecular complexity index is 619. The molecule has 0 amide bonds. The van der Waals surface area contributed by atoms with Gasteiger partial charge in [-0.05, 0) is 28.9 Å². The van der Waals surface area contributed by atoms with Crippen LogP contribution in [0.3, 0.4) is 0 Å². The Morgan fingerprint density at radius 2 is 2.28 bits per heavy atom. The van der Waals surface area contributed by atoms with Crippen LogP contribution in [0, 0.1) is 0 Å². The van der Waals surface area contributed by atoms with Crippen LogP contribution >= 0.6 is 50.2 Å². The summed E-state index contributed by atoms with van der Waals surface area (Å²) in [6.07, 6.45) is 1.64. The molecule has 0 saturated carbocycles. The van der Waals surface area contributed by atoms with Crippen LogP contribution in [-0.2, 0) is 10.0 Å². The molecule has 2 aromatic rings. The van der Waals surface area contributed by atoms with Crippen LogP contribution in [0.1, 0.15) is 18.0 Å². The summed E-state index contributed by atoms with van der Waals surface area (Å²) in [6.45, 7) is 1.75. The zero-order chi connectivity index (χ0) is 13.3. The smallest absolute Gasteiger partial charge is 0.248 e. The Hall–Kier alpha value is 0.01000. The molecule has 2 rings (SSSR count). The van der Waals surface area contributed by atoms with E-state index in [2.05, 4.69) is 25.6 Å². The fourth-order valence-corrected chi connectivity index (χ4v) is 5.59. The Morgan fingerprint density at radius 3 is 2.78 bits per heavy atom. The Kier molecular flexibility index (Phi) is 4.45. The molecule has 2 aromatic heterocycles. The van der Waals surface area contributed by atoms with Crippen LogP contribution in [0.15, 0.2) is 25.6 Å². The van der Waals surface area contributed by atoms with Gasteiger partial charge in [0.2, 0.25) is 0 Å². The first-order valence-electron chi connectivity index (χ1n) is 4.76. The third-order valence-electron chi connectivity index (χ3n) is 2.04. The van der Waals surface area contributed by atoms with Gasteiger partial charge in [-0.15, -0.1) is 22.7 Å². The van der Waals surface area contributed by atoms with Crippen molar-refractivity contribution in [3.63, 3.8) is 0 Å². The average Bonchev–Trinajstić information content (AvgIpc) is 2.89. The molecule has 1 atom stereocenters. The maximum Gasteiger partial charge on any atom is 0.250 e. The lowest BCUT2D eigenvalue weighted by atomic mass is 10.4. The van der Waals surface area contributed by atoms with Crippen molar-refractivity contribution in [1.82, 2.24) is 9.71 Å². The second-order valence-electron chi connectivity index (χ2n) is 3.40. The standard InChI is InChI=1S/C9H8BrClN2O2S3/c1-5(9-12-2-3-16-9)13-18(14,15)7-4-6(11)8(10)17-7/h2-5,13H,1H3. The predicted molar refractivity (Wildman–Crippen MR) is 77.9 cm³/mol. The van der Waals surface area contributed by atoms with Gasteiger partial charge in [-0.3, -0.25) is 0 Å². The summed E-state index contributed by atoms with van der Waals surface area (Å²) in [5.41, 5.74) is 0. The number of halogens is 2. The maximum atomic E-state index is 12.1. The minimum atomic E-state index is -3.57. The molecule has 2 heterocycles. The molecule has 1 N–H and O–H groups in total. The first kappa shape index (κ1) is 14.4. The molecule has 0 aliphatic rings. The number of thiazole rings is 1. The number of sulfonamides is 1. The average molecular weight is 388 g/mol. The van der Waals surface area contributed by atoms with Gasteiger partial charge < -0.3 is 0 Å². The van der Waals surface area contributed by atoms with Crippen LogP contribution in [0.5, 0.6) is 0 Å². The highest BCUT2D eigenvalue weighted by molar-refractivity contribution is 9.11. The summed E-state index contributed by atoms with van der Waals surface area (Å²) < 4.78 is 27.6. The van der Waals surface area contributed by atoms with E-state index in [1.54, 1.807) is 18.5 Å². The highest BCUT2D eigenvalue weighted by atomic mass is 79.9. The second kappa shape index (κ2) is 5.56. The van der Waals surface area contributed by atoms with Gasteiger partial charge in [0.1, 0.15) is 9.22 Å². The van der Waals surface area contributed by atoms with E-state index in [1.165, 1.54) is 17.4 Å². The topological polar surface area (TPSA) is 59.1 Å². The molecular weight excluding hydrogens is 380 g/mol. The van der Waals surface area contributed by atoms with Crippen LogP contribution in [0.4, 0.5) is 0 Å². The van der Waals surface area contributed by atoms with E-state index in [9.17, 15) is 8.42 Å². The molecule has 0 aromatic carbocycles. The molecule has 4 nitrogen and oxygen atoms in total. The summed E-state index contributed by atoms with van der Waals surface area (Å²) in [5.74, 6) is 0. The van der Waals surface area contributed by atoms with Crippen molar-refractivity contribution in [2.24, 2.45) is 0 Å². The molecule has 1 unspecified atom stereocenters. The molecular formula is C9H8BrClN2O2S3. The molecule has 0 aliphatic heterocycles. The van der Waals surface area contributed by atoms with Gasteiger partial charge >= 0.3 is 0 Å². The third kappa shape index (κ3) is 3.12. The number of nitrogens with one attached hydrogen (secondary N) is 1. The molecule has 9 heteroatoms. The molecule has 0 aliphatic carbocycles. The number of thiophene rings is 1.